The lowest BCUT2D eigenvalue weighted by atomic mass is 9.77. The monoisotopic (exact) mass is 280 g/mol. The second-order valence-electron chi connectivity index (χ2n) is 7.57. The van der Waals surface area contributed by atoms with E-state index in [1.54, 1.807) is 0 Å². The van der Waals surface area contributed by atoms with Gasteiger partial charge < -0.3 is 10.2 Å². The Kier molecular flexibility index (Phi) is 6.35. The third kappa shape index (κ3) is 4.46. The van der Waals surface area contributed by atoms with Crippen molar-refractivity contribution in [3.05, 3.63) is 0 Å². The van der Waals surface area contributed by atoms with Crippen molar-refractivity contribution in [2.45, 2.75) is 78.2 Å². The summed E-state index contributed by atoms with van der Waals surface area (Å²) in [6.07, 6.45) is 11.2. The molecule has 0 bridgehead atoms. The maximum Gasteiger partial charge on any atom is 0.0107 e. The zero-order chi connectivity index (χ0) is 14.4. The van der Waals surface area contributed by atoms with Gasteiger partial charge in [-0.3, -0.25) is 0 Å². The standard InChI is InChI=1S/C18H36N2/c1-4-12-19-17-9-7-6-8-16(17)15-20-13-10-18(3,5-2)11-14-20/h16-17,19H,4-15H2,1-3H3. The van der Waals surface area contributed by atoms with Crippen LogP contribution in [0.3, 0.4) is 0 Å². The van der Waals surface area contributed by atoms with E-state index in [2.05, 4.69) is 31.0 Å². The molecule has 0 radical (unpaired) electrons. The number of piperidine rings is 1. The summed E-state index contributed by atoms with van der Waals surface area (Å²) >= 11 is 0. The van der Waals surface area contributed by atoms with Crippen molar-refractivity contribution in [3.8, 4) is 0 Å². The fourth-order valence-corrected chi connectivity index (χ4v) is 3.99. The van der Waals surface area contributed by atoms with E-state index in [0.29, 0.717) is 5.41 Å². The molecule has 2 nitrogen and oxygen atoms in total. The van der Waals surface area contributed by atoms with Crippen LogP contribution in [-0.4, -0.2) is 37.1 Å². The first-order valence-corrected chi connectivity index (χ1v) is 9.12. The van der Waals surface area contributed by atoms with Crippen LogP contribution < -0.4 is 5.32 Å². The van der Waals surface area contributed by atoms with Crippen LogP contribution in [0.25, 0.3) is 0 Å². The molecule has 0 aromatic heterocycles. The van der Waals surface area contributed by atoms with E-state index in [1.165, 1.54) is 77.5 Å². The SMILES string of the molecule is CCCNC1CCCCC1CN1CCC(C)(CC)CC1. The predicted octanol–water partition coefficient (Wildman–Crippen LogP) is 4.06. The first kappa shape index (κ1) is 16.3. The van der Waals surface area contributed by atoms with Crippen molar-refractivity contribution >= 4 is 0 Å². The molecule has 1 saturated carbocycles. The molecule has 20 heavy (non-hydrogen) atoms. The van der Waals surface area contributed by atoms with Crippen LogP contribution in [-0.2, 0) is 0 Å². The first-order chi connectivity index (χ1) is 9.67. The molecular formula is C18H36N2. The second-order valence-corrected chi connectivity index (χ2v) is 7.57. The molecular weight excluding hydrogens is 244 g/mol. The minimum absolute atomic E-state index is 0.628. The zero-order valence-electron chi connectivity index (χ0n) is 14.1. The Labute approximate surface area is 126 Å². The molecule has 0 aromatic rings. The normalized spacial score (nSPS) is 31.4. The van der Waals surface area contributed by atoms with Crippen LogP contribution in [0.5, 0.6) is 0 Å². The van der Waals surface area contributed by atoms with Crippen molar-refractivity contribution in [2.75, 3.05) is 26.2 Å². The molecule has 1 heterocycles. The Bertz CT molecular complexity index is 269. The van der Waals surface area contributed by atoms with Gasteiger partial charge in [0, 0.05) is 12.6 Å². The minimum Gasteiger partial charge on any atom is -0.314 e. The van der Waals surface area contributed by atoms with Crippen LogP contribution in [0.4, 0.5) is 0 Å². The Morgan fingerprint density at radius 1 is 1.10 bits per heavy atom. The highest BCUT2D eigenvalue weighted by molar-refractivity contribution is 4.86. The lowest BCUT2D eigenvalue weighted by molar-refractivity contribution is 0.0858. The summed E-state index contributed by atoms with van der Waals surface area (Å²) in [4.78, 5) is 2.76. The maximum atomic E-state index is 3.81. The van der Waals surface area contributed by atoms with Gasteiger partial charge in [0.2, 0.25) is 0 Å². The summed E-state index contributed by atoms with van der Waals surface area (Å²) in [5, 5.41) is 3.81. The third-order valence-corrected chi connectivity index (χ3v) is 5.98. The molecule has 1 saturated heterocycles. The van der Waals surface area contributed by atoms with Gasteiger partial charge in [0.25, 0.3) is 0 Å². The number of rotatable bonds is 6. The molecule has 2 heteroatoms. The average molecular weight is 280 g/mol. The summed E-state index contributed by atoms with van der Waals surface area (Å²) in [5.74, 6) is 0.904. The summed E-state index contributed by atoms with van der Waals surface area (Å²) < 4.78 is 0. The molecule has 1 aliphatic carbocycles. The quantitative estimate of drug-likeness (QED) is 0.789. The van der Waals surface area contributed by atoms with E-state index in [9.17, 15) is 0 Å². The van der Waals surface area contributed by atoms with Crippen LogP contribution in [0.2, 0.25) is 0 Å². The maximum absolute atomic E-state index is 3.81. The van der Waals surface area contributed by atoms with Crippen LogP contribution in [0.15, 0.2) is 0 Å². The molecule has 0 amide bonds. The predicted molar refractivity (Wildman–Crippen MR) is 88.1 cm³/mol. The summed E-state index contributed by atoms with van der Waals surface area (Å²) in [6, 6.07) is 0.795. The van der Waals surface area contributed by atoms with E-state index in [1.807, 2.05) is 0 Å². The molecule has 2 unspecified atom stereocenters. The van der Waals surface area contributed by atoms with E-state index in [-0.39, 0.29) is 0 Å². The van der Waals surface area contributed by atoms with Gasteiger partial charge in [-0.2, -0.15) is 0 Å². The molecule has 2 aliphatic rings. The number of hydrogen-bond acceptors (Lipinski definition) is 2. The molecule has 0 aromatic carbocycles. The summed E-state index contributed by atoms with van der Waals surface area (Å²) in [6.45, 7) is 12.3. The molecule has 118 valence electrons. The molecule has 0 spiro atoms. The lowest BCUT2D eigenvalue weighted by Crippen LogP contribution is -2.47. The van der Waals surface area contributed by atoms with E-state index >= 15 is 0 Å². The van der Waals surface area contributed by atoms with E-state index in [0.717, 1.165) is 12.0 Å². The van der Waals surface area contributed by atoms with Crippen molar-refractivity contribution in [3.63, 3.8) is 0 Å². The number of nitrogens with zero attached hydrogens (tertiary/aromatic N) is 1. The summed E-state index contributed by atoms with van der Waals surface area (Å²) in [7, 11) is 0. The number of hydrogen-bond donors (Lipinski definition) is 1. The van der Waals surface area contributed by atoms with Crippen LogP contribution >= 0.6 is 0 Å². The van der Waals surface area contributed by atoms with E-state index < -0.39 is 0 Å². The van der Waals surface area contributed by atoms with Gasteiger partial charge >= 0.3 is 0 Å². The third-order valence-electron chi connectivity index (χ3n) is 5.98. The van der Waals surface area contributed by atoms with Crippen LogP contribution in [0, 0.1) is 11.3 Å². The minimum atomic E-state index is 0.628. The van der Waals surface area contributed by atoms with Crippen molar-refractivity contribution < 1.29 is 0 Å². The van der Waals surface area contributed by atoms with Crippen molar-refractivity contribution in [1.29, 1.82) is 0 Å². The Morgan fingerprint density at radius 2 is 1.80 bits per heavy atom. The van der Waals surface area contributed by atoms with E-state index in [4.69, 9.17) is 0 Å². The van der Waals surface area contributed by atoms with Gasteiger partial charge in [0.15, 0.2) is 0 Å². The zero-order valence-corrected chi connectivity index (χ0v) is 14.1. The largest absolute Gasteiger partial charge is 0.314 e. The van der Waals surface area contributed by atoms with Gasteiger partial charge in [-0.15, -0.1) is 0 Å². The topological polar surface area (TPSA) is 15.3 Å². The van der Waals surface area contributed by atoms with Gasteiger partial charge in [0.1, 0.15) is 0 Å². The number of nitrogens with one attached hydrogen (secondary N) is 1. The fraction of sp³-hybridized carbons (Fsp3) is 1.00. The van der Waals surface area contributed by atoms with Crippen LogP contribution in [0.1, 0.15) is 72.1 Å². The fourth-order valence-electron chi connectivity index (χ4n) is 3.99. The molecule has 1 N–H and O–H groups in total. The number of likely N-dealkylation sites (tertiary alicyclic amines) is 1. The van der Waals surface area contributed by atoms with Gasteiger partial charge in [-0.25, -0.2) is 0 Å². The molecule has 2 rings (SSSR count). The smallest absolute Gasteiger partial charge is 0.0107 e. The molecule has 2 fully saturated rings. The second kappa shape index (κ2) is 7.79. The van der Waals surface area contributed by atoms with Gasteiger partial charge in [-0.1, -0.05) is 40.0 Å². The highest BCUT2D eigenvalue weighted by Crippen LogP contribution is 2.35. The lowest BCUT2D eigenvalue weighted by Gasteiger charge is -2.42. The van der Waals surface area contributed by atoms with Crippen molar-refractivity contribution in [2.24, 2.45) is 11.3 Å². The van der Waals surface area contributed by atoms with Gasteiger partial charge in [-0.05, 0) is 63.1 Å². The first-order valence-electron chi connectivity index (χ1n) is 9.12. The highest BCUT2D eigenvalue weighted by atomic mass is 15.1. The molecule has 1 aliphatic heterocycles. The Morgan fingerprint density at radius 3 is 2.45 bits per heavy atom. The highest BCUT2D eigenvalue weighted by Gasteiger charge is 2.31. The Hall–Kier alpha value is -0.0800. The average Bonchev–Trinajstić information content (AvgIpc) is 2.49. The Balaban J connectivity index is 1.79. The van der Waals surface area contributed by atoms with Gasteiger partial charge in [0.05, 0.1) is 0 Å². The van der Waals surface area contributed by atoms with Crippen molar-refractivity contribution in [1.82, 2.24) is 10.2 Å². The summed E-state index contributed by atoms with van der Waals surface area (Å²) in [5.41, 5.74) is 0.628. The molecule has 2 atom stereocenters.